The first kappa shape index (κ1) is 10.0. The van der Waals surface area contributed by atoms with Crippen LogP contribution < -0.4 is 10.6 Å². The summed E-state index contributed by atoms with van der Waals surface area (Å²) < 4.78 is 0. The molecule has 1 aromatic rings. The molecule has 1 unspecified atom stereocenters. The highest BCUT2D eigenvalue weighted by atomic mass is 15.0. The van der Waals surface area contributed by atoms with Crippen molar-refractivity contribution in [3.63, 3.8) is 0 Å². The number of rotatable bonds is 3. The average Bonchev–Trinajstić information content (AvgIpc) is 2.80. The van der Waals surface area contributed by atoms with Gasteiger partial charge in [-0.15, -0.1) is 0 Å². The summed E-state index contributed by atoms with van der Waals surface area (Å²) >= 11 is 0. The van der Waals surface area contributed by atoms with E-state index >= 15 is 0 Å². The van der Waals surface area contributed by atoms with Crippen molar-refractivity contribution in [2.45, 2.75) is 18.9 Å². The molecule has 3 nitrogen and oxygen atoms in total. The fourth-order valence-electron chi connectivity index (χ4n) is 1.83. The van der Waals surface area contributed by atoms with Gasteiger partial charge in [-0.25, -0.2) is 0 Å². The van der Waals surface area contributed by atoms with Gasteiger partial charge < -0.3 is 10.6 Å². The molecule has 0 aromatic heterocycles. The first-order chi connectivity index (χ1) is 7.38. The predicted octanol–water partition coefficient (Wildman–Crippen LogP) is 1.72. The molecule has 0 bridgehead atoms. The molecule has 0 spiro atoms. The molecule has 78 valence electrons. The van der Waals surface area contributed by atoms with Gasteiger partial charge in [-0.05, 0) is 43.7 Å². The molecule has 3 heteroatoms. The van der Waals surface area contributed by atoms with Crippen LogP contribution in [0.15, 0.2) is 24.3 Å². The summed E-state index contributed by atoms with van der Waals surface area (Å²) in [6, 6.07) is 10.3. The SMILES string of the molecule is N#Cc1ccc(NCC2CCCN2)cc1. The normalized spacial score (nSPS) is 19.8. The molecule has 0 aliphatic carbocycles. The summed E-state index contributed by atoms with van der Waals surface area (Å²) in [6.07, 6.45) is 2.53. The van der Waals surface area contributed by atoms with Gasteiger partial charge in [0.25, 0.3) is 0 Å². The van der Waals surface area contributed by atoms with Gasteiger partial charge in [0.2, 0.25) is 0 Å². The van der Waals surface area contributed by atoms with Crippen molar-refractivity contribution in [2.75, 3.05) is 18.4 Å². The first-order valence-corrected chi connectivity index (χ1v) is 5.36. The van der Waals surface area contributed by atoms with E-state index in [-0.39, 0.29) is 0 Å². The Hall–Kier alpha value is -1.53. The number of hydrogen-bond donors (Lipinski definition) is 2. The monoisotopic (exact) mass is 201 g/mol. The van der Waals surface area contributed by atoms with Crippen LogP contribution in [0, 0.1) is 11.3 Å². The molecule has 2 N–H and O–H groups in total. The molecule has 0 radical (unpaired) electrons. The molecule has 2 rings (SSSR count). The molecule has 0 amide bonds. The lowest BCUT2D eigenvalue weighted by Gasteiger charge is -2.12. The van der Waals surface area contributed by atoms with Crippen LogP contribution in [-0.2, 0) is 0 Å². The number of hydrogen-bond acceptors (Lipinski definition) is 3. The van der Waals surface area contributed by atoms with Crippen LogP contribution in [0.25, 0.3) is 0 Å². The molecular formula is C12H15N3. The smallest absolute Gasteiger partial charge is 0.0991 e. The topological polar surface area (TPSA) is 47.9 Å². The van der Waals surface area contributed by atoms with Gasteiger partial charge in [0.05, 0.1) is 11.6 Å². The Kier molecular flexibility index (Phi) is 3.21. The van der Waals surface area contributed by atoms with Gasteiger partial charge in [-0.3, -0.25) is 0 Å². The minimum Gasteiger partial charge on any atom is -0.383 e. The van der Waals surface area contributed by atoms with Crippen molar-refractivity contribution in [1.29, 1.82) is 5.26 Å². The van der Waals surface area contributed by atoms with Crippen LogP contribution in [0.4, 0.5) is 5.69 Å². The molecule has 1 aliphatic heterocycles. The molecule has 0 saturated carbocycles. The summed E-state index contributed by atoms with van der Waals surface area (Å²) in [6.45, 7) is 2.10. The number of nitrogens with one attached hydrogen (secondary N) is 2. The van der Waals surface area contributed by atoms with Crippen LogP contribution >= 0.6 is 0 Å². The zero-order valence-corrected chi connectivity index (χ0v) is 8.66. The van der Waals surface area contributed by atoms with E-state index in [2.05, 4.69) is 16.7 Å². The number of anilines is 1. The fourth-order valence-corrected chi connectivity index (χ4v) is 1.83. The molecular weight excluding hydrogens is 186 g/mol. The minimum absolute atomic E-state index is 0.598. The molecule has 1 atom stereocenters. The van der Waals surface area contributed by atoms with E-state index < -0.39 is 0 Å². The predicted molar refractivity (Wildman–Crippen MR) is 60.7 cm³/mol. The summed E-state index contributed by atoms with van der Waals surface area (Å²) in [7, 11) is 0. The van der Waals surface area contributed by atoms with E-state index in [0.717, 1.165) is 18.8 Å². The van der Waals surface area contributed by atoms with Gasteiger partial charge in [0, 0.05) is 18.3 Å². The zero-order chi connectivity index (χ0) is 10.5. The van der Waals surface area contributed by atoms with E-state index in [0.29, 0.717) is 11.6 Å². The van der Waals surface area contributed by atoms with Crippen molar-refractivity contribution in [2.24, 2.45) is 0 Å². The van der Waals surface area contributed by atoms with Crippen molar-refractivity contribution in [3.8, 4) is 6.07 Å². The van der Waals surface area contributed by atoms with Crippen LogP contribution in [0.3, 0.4) is 0 Å². The maximum Gasteiger partial charge on any atom is 0.0991 e. The summed E-state index contributed by atoms with van der Waals surface area (Å²) in [5, 5.41) is 15.5. The van der Waals surface area contributed by atoms with Crippen molar-refractivity contribution < 1.29 is 0 Å². The third kappa shape index (κ3) is 2.71. The molecule has 15 heavy (non-hydrogen) atoms. The van der Waals surface area contributed by atoms with E-state index in [9.17, 15) is 0 Å². The lowest BCUT2D eigenvalue weighted by Crippen LogP contribution is -2.29. The maximum atomic E-state index is 8.65. The zero-order valence-electron chi connectivity index (χ0n) is 8.66. The highest BCUT2D eigenvalue weighted by Gasteiger charge is 2.12. The van der Waals surface area contributed by atoms with Crippen LogP contribution in [-0.4, -0.2) is 19.1 Å². The first-order valence-electron chi connectivity index (χ1n) is 5.36. The molecule has 1 fully saturated rings. The van der Waals surface area contributed by atoms with Crippen molar-refractivity contribution in [1.82, 2.24) is 5.32 Å². The van der Waals surface area contributed by atoms with Gasteiger partial charge in [0.1, 0.15) is 0 Å². The second-order valence-electron chi connectivity index (χ2n) is 3.86. The van der Waals surface area contributed by atoms with Crippen molar-refractivity contribution in [3.05, 3.63) is 29.8 Å². The Balaban J connectivity index is 1.85. The molecule has 1 saturated heterocycles. The van der Waals surface area contributed by atoms with Gasteiger partial charge in [0.15, 0.2) is 0 Å². The fraction of sp³-hybridized carbons (Fsp3) is 0.417. The van der Waals surface area contributed by atoms with Gasteiger partial charge in [-0.2, -0.15) is 5.26 Å². The minimum atomic E-state index is 0.598. The van der Waals surface area contributed by atoms with E-state index in [4.69, 9.17) is 5.26 Å². The van der Waals surface area contributed by atoms with Crippen LogP contribution in [0.1, 0.15) is 18.4 Å². The standard InChI is InChI=1S/C12H15N3/c13-8-10-3-5-11(6-4-10)15-9-12-2-1-7-14-12/h3-6,12,14-15H,1-2,7,9H2. The quantitative estimate of drug-likeness (QED) is 0.782. The van der Waals surface area contributed by atoms with Gasteiger partial charge >= 0.3 is 0 Å². The summed E-state index contributed by atoms with van der Waals surface area (Å²) in [4.78, 5) is 0. The van der Waals surface area contributed by atoms with Crippen LogP contribution in [0.2, 0.25) is 0 Å². The second-order valence-corrected chi connectivity index (χ2v) is 3.86. The summed E-state index contributed by atoms with van der Waals surface area (Å²) in [5.74, 6) is 0. The maximum absolute atomic E-state index is 8.65. The van der Waals surface area contributed by atoms with Gasteiger partial charge in [-0.1, -0.05) is 0 Å². The average molecular weight is 201 g/mol. The Bertz CT molecular complexity index is 344. The van der Waals surface area contributed by atoms with E-state index in [1.165, 1.54) is 12.8 Å². The lowest BCUT2D eigenvalue weighted by molar-refractivity contribution is 0.633. The highest BCUT2D eigenvalue weighted by Crippen LogP contribution is 2.10. The Labute approximate surface area is 90.1 Å². The third-order valence-electron chi connectivity index (χ3n) is 2.73. The Morgan fingerprint density at radius 3 is 2.80 bits per heavy atom. The van der Waals surface area contributed by atoms with E-state index in [1.807, 2.05) is 24.3 Å². The molecule has 1 heterocycles. The molecule has 1 aliphatic rings. The summed E-state index contributed by atoms with van der Waals surface area (Å²) in [5.41, 5.74) is 1.79. The molecule has 1 aromatic carbocycles. The van der Waals surface area contributed by atoms with Crippen LogP contribution in [0.5, 0.6) is 0 Å². The Morgan fingerprint density at radius 2 is 2.20 bits per heavy atom. The number of nitriles is 1. The Morgan fingerprint density at radius 1 is 1.40 bits per heavy atom. The lowest BCUT2D eigenvalue weighted by atomic mass is 10.2. The van der Waals surface area contributed by atoms with E-state index in [1.54, 1.807) is 0 Å². The third-order valence-corrected chi connectivity index (χ3v) is 2.73. The van der Waals surface area contributed by atoms with Crippen molar-refractivity contribution >= 4 is 5.69 Å². The highest BCUT2D eigenvalue weighted by molar-refractivity contribution is 5.47. The second kappa shape index (κ2) is 4.81. The largest absolute Gasteiger partial charge is 0.383 e. The number of nitrogens with zero attached hydrogens (tertiary/aromatic N) is 1. The number of benzene rings is 1.